The van der Waals surface area contributed by atoms with Gasteiger partial charge in [-0.3, -0.25) is 0 Å². The first-order valence-corrected chi connectivity index (χ1v) is 20.8. The maximum atomic E-state index is 9.81. The maximum Gasteiger partial charge on any atom is 0.333 e. The van der Waals surface area contributed by atoms with Gasteiger partial charge in [-0.2, -0.15) is 5.26 Å². The number of nitriles is 1. The van der Waals surface area contributed by atoms with Crippen LogP contribution < -0.4 is 15.8 Å². The van der Waals surface area contributed by atoms with E-state index < -0.39 is 0 Å². The fourth-order valence-electron chi connectivity index (χ4n) is 10.5. The number of para-hydroxylation sites is 3. The lowest BCUT2D eigenvalue weighted by molar-refractivity contribution is 0.673. The van der Waals surface area contributed by atoms with Crippen molar-refractivity contribution in [2.24, 2.45) is 0 Å². The molecule has 0 amide bonds. The Hall–Kier alpha value is -8.07. The predicted octanol–water partition coefficient (Wildman–Crippen LogP) is 13.3. The van der Waals surface area contributed by atoms with Crippen LogP contribution in [-0.4, -0.2) is 11.3 Å². The largest absolute Gasteiger partial charge is 0.455 e. The highest BCUT2D eigenvalue weighted by atomic mass is 16.3. The third-order valence-electron chi connectivity index (χ3n) is 13.2. The molecule has 0 aliphatic carbocycles. The molecular formula is C56H34BN3O. The van der Waals surface area contributed by atoms with Crippen LogP contribution in [0, 0.1) is 18.3 Å². The number of nitrogens with zero attached hydrogens (tertiary/aromatic N) is 3. The highest BCUT2D eigenvalue weighted by Gasteiger charge is 2.44. The van der Waals surface area contributed by atoms with Crippen molar-refractivity contribution in [1.82, 2.24) is 4.48 Å². The van der Waals surface area contributed by atoms with Crippen molar-refractivity contribution in [2.75, 3.05) is 4.90 Å². The van der Waals surface area contributed by atoms with Gasteiger partial charge in [-0.25, -0.2) is 0 Å². The summed E-state index contributed by atoms with van der Waals surface area (Å²) in [7, 11) is 0. The van der Waals surface area contributed by atoms with Crippen molar-refractivity contribution >= 4 is 78.6 Å². The van der Waals surface area contributed by atoms with Crippen LogP contribution in [0.2, 0.25) is 0 Å². The quantitative estimate of drug-likeness (QED) is 0.167. The first kappa shape index (κ1) is 33.9. The molecule has 11 aromatic rings. The second-order valence-electron chi connectivity index (χ2n) is 16.4. The van der Waals surface area contributed by atoms with Gasteiger partial charge in [-0.1, -0.05) is 127 Å². The molecule has 13 rings (SSSR count). The van der Waals surface area contributed by atoms with Gasteiger partial charge in [0, 0.05) is 49.8 Å². The van der Waals surface area contributed by atoms with Crippen molar-refractivity contribution in [1.29, 1.82) is 5.26 Å². The zero-order valence-corrected chi connectivity index (χ0v) is 33.2. The summed E-state index contributed by atoms with van der Waals surface area (Å²) in [6, 6.07) is 69.9. The molecule has 4 heterocycles. The van der Waals surface area contributed by atoms with Crippen LogP contribution in [0.4, 0.5) is 17.1 Å². The van der Waals surface area contributed by atoms with Crippen LogP contribution in [0.5, 0.6) is 0 Å². The lowest BCUT2D eigenvalue weighted by Gasteiger charge is -2.41. The lowest BCUT2D eigenvalue weighted by Crippen LogP contribution is -2.56. The summed E-state index contributed by atoms with van der Waals surface area (Å²) in [4.78, 5) is 2.51. The second kappa shape index (κ2) is 12.7. The molecule has 0 spiro atoms. The van der Waals surface area contributed by atoms with Gasteiger partial charge in [0.25, 0.3) is 0 Å². The number of hydrogen-bond acceptors (Lipinski definition) is 3. The average Bonchev–Trinajstić information content (AvgIpc) is 3.87. The van der Waals surface area contributed by atoms with E-state index in [2.05, 4.69) is 198 Å². The summed E-state index contributed by atoms with van der Waals surface area (Å²) < 4.78 is 9.44. The molecule has 0 N–H and O–H groups in total. The van der Waals surface area contributed by atoms with Gasteiger partial charge in [0.1, 0.15) is 11.2 Å². The summed E-state index contributed by atoms with van der Waals surface area (Å²) in [5.41, 5.74) is 21.2. The standard InChI is InChI=1S/C56H34BN3O/c1-34-44(38-26-24-35(33-58)25-27-38)32-50-54-52(34)46-31-45-42-18-9-13-23-51(42)61-56(45)53-43-19-8-11-21-48(43)60(55(46)53)57(54)47-20-10-12-22-49(47)59(50)41-29-39(36-14-4-2-5-15-36)28-40(30-41)37-16-6-3-7-17-37/h2-32H,1H3. The maximum absolute atomic E-state index is 9.81. The topological polar surface area (TPSA) is 45.1 Å². The highest BCUT2D eigenvalue weighted by Crippen LogP contribution is 2.51. The molecule has 4 nitrogen and oxygen atoms in total. The van der Waals surface area contributed by atoms with Crippen LogP contribution in [0.25, 0.3) is 88.3 Å². The zero-order chi connectivity index (χ0) is 40.3. The Kier molecular flexibility index (Phi) is 7.06. The fraction of sp³-hybridized carbons (Fsp3) is 0.0179. The number of benzene rings is 9. The Morgan fingerprint density at radius 3 is 1.93 bits per heavy atom. The Morgan fingerprint density at radius 1 is 0.541 bits per heavy atom. The van der Waals surface area contributed by atoms with E-state index in [-0.39, 0.29) is 6.85 Å². The minimum Gasteiger partial charge on any atom is -0.455 e. The number of anilines is 3. The van der Waals surface area contributed by atoms with Crippen LogP contribution in [-0.2, 0) is 0 Å². The monoisotopic (exact) mass is 775 g/mol. The third kappa shape index (κ3) is 4.76. The molecule has 61 heavy (non-hydrogen) atoms. The minimum atomic E-state index is -0.117. The second-order valence-corrected chi connectivity index (χ2v) is 16.4. The van der Waals surface area contributed by atoms with Crippen molar-refractivity contribution in [3.8, 4) is 50.6 Å². The zero-order valence-electron chi connectivity index (χ0n) is 33.2. The van der Waals surface area contributed by atoms with Gasteiger partial charge in [0.15, 0.2) is 0 Å². The molecule has 2 aliphatic rings. The van der Waals surface area contributed by atoms with E-state index in [1.165, 1.54) is 55.2 Å². The van der Waals surface area contributed by atoms with Crippen LogP contribution in [0.1, 0.15) is 11.1 Å². The van der Waals surface area contributed by atoms with Crippen molar-refractivity contribution < 1.29 is 4.42 Å². The lowest BCUT2D eigenvalue weighted by atomic mass is 9.44. The molecule has 0 saturated carbocycles. The Labute approximate surface area is 352 Å². The van der Waals surface area contributed by atoms with Gasteiger partial charge < -0.3 is 13.8 Å². The SMILES string of the molecule is Cc1c(-c2ccc(C#N)cc2)cc2c3c1-c1cc4c5ccccc5oc4c4c5ccccc5n(c14)B3c1ccccc1N2c1cc(-c2ccccc2)cc(-c2ccccc2)c1. The molecule has 0 radical (unpaired) electrons. The minimum absolute atomic E-state index is 0.117. The average molecular weight is 776 g/mol. The van der Waals surface area contributed by atoms with Crippen LogP contribution >= 0.6 is 0 Å². The van der Waals surface area contributed by atoms with Crippen LogP contribution in [0.15, 0.2) is 192 Å². The van der Waals surface area contributed by atoms with Crippen LogP contribution in [0.3, 0.4) is 0 Å². The molecule has 5 heteroatoms. The third-order valence-corrected chi connectivity index (χ3v) is 13.2. The molecular weight excluding hydrogens is 741 g/mol. The number of hydrogen-bond donors (Lipinski definition) is 0. The smallest absolute Gasteiger partial charge is 0.333 e. The van der Waals surface area contributed by atoms with E-state index in [0.29, 0.717) is 5.56 Å². The fourth-order valence-corrected chi connectivity index (χ4v) is 10.5. The predicted molar refractivity (Wildman–Crippen MR) is 253 cm³/mol. The van der Waals surface area contributed by atoms with Gasteiger partial charge in [0.05, 0.1) is 17.0 Å². The molecule has 9 aromatic carbocycles. The van der Waals surface area contributed by atoms with E-state index in [1.807, 2.05) is 12.1 Å². The van der Waals surface area contributed by atoms with Gasteiger partial charge in [-0.05, 0) is 123 Å². The highest BCUT2D eigenvalue weighted by molar-refractivity contribution is 6.90. The van der Waals surface area contributed by atoms with E-state index in [1.54, 1.807) is 0 Å². The molecule has 0 unspecified atom stereocenters. The van der Waals surface area contributed by atoms with E-state index in [0.717, 1.165) is 66.6 Å². The molecule has 282 valence electrons. The number of fused-ring (bicyclic) bond motifs is 11. The summed E-state index contributed by atoms with van der Waals surface area (Å²) in [6.07, 6.45) is 0. The van der Waals surface area contributed by atoms with E-state index >= 15 is 0 Å². The summed E-state index contributed by atoms with van der Waals surface area (Å²) in [5, 5.41) is 14.4. The Bertz CT molecular complexity index is 3610. The van der Waals surface area contributed by atoms with Crippen molar-refractivity contribution in [3.63, 3.8) is 0 Å². The Balaban J connectivity index is 1.20. The molecule has 0 fully saturated rings. The number of furan rings is 1. The first-order chi connectivity index (χ1) is 30.1. The first-order valence-electron chi connectivity index (χ1n) is 20.8. The molecule has 2 aromatic heterocycles. The summed E-state index contributed by atoms with van der Waals surface area (Å²) in [5.74, 6) is 0. The normalized spacial score (nSPS) is 12.6. The van der Waals surface area contributed by atoms with E-state index in [9.17, 15) is 5.26 Å². The van der Waals surface area contributed by atoms with Gasteiger partial charge in [0.2, 0.25) is 0 Å². The summed E-state index contributed by atoms with van der Waals surface area (Å²) in [6.45, 7) is 2.17. The molecule has 0 atom stereocenters. The van der Waals surface area contributed by atoms with Gasteiger partial charge >= 0.3 is 6.85 Å². The van der Waals surface area contributed by atoms with Gasteiger partial charge in [-0.15, -0.1) is 0 Å². The number of rotatable bonds is 4. The van der Waals surface area contributed by atoms with Crippen molar-refractivity contribution in [2.45, 2.75) is 6.92 Å². The molecule has 2 aliphatic heterocycles. The van der Waals surface area contributed by atoms with Crippen molar-refractivity contribution in [3.05, 3.63) is 199 Å². The Morgan fingerprint density at radius 2 is 1.20 bits per heavy atom. The molecule has 0 bridgehead atoms. The molecule has 0 saturated heterocycles. The van der Waals surface area contributed by atoms with E-state index in [4.69, 9.17) is 4.42 Å². The summed E-state index contributed by atoms with van der Waals surface area (Å²) >= 11 is 0. The number of aromatic nitrogens is 1.